The molecule has 1 aromatic carbocycles. The Labute approximate surface area is 154 Å². The molecule has 1 aliphatic heterocycles. The predicted octanol–water partition coefficient (Wildman–Crippen LogP) is 1.96. The first-order valence-electron chi connectivity index (χ1n) is 7.50. The van der Waals surface area contributed by atoms with Crippen molar-refractivity contribution in [2.45, 2.75) is 6.04 Å². The first-order chi connectivity index (χ1) is 12.5. The van der Waals surface area contributed by atoms with Crippen molar-refractivity contribution in [2.24, 2.45) is 10.7 Å². The molecule has 3 heterocycles. The summed E-state index contributed by atoms with van der Waals surface area (Å²) >= 11 is 1.38. The summed E-state index contributed by atoms with van der Waals surface area (Å²) in [5.41, 5.74) is 8.26. The Morgan fingerprint density at radius 3 is 2.92 bits per heavy atom. The zero-order chi connectivity index (χ0) is 18.3. The zero-order valence-corrected chi connectivity index (χ0v) is 15.1. The summed E-state index contributed by atoms with van der Waals surface area (Å²) in [7, 11) is 0.213. The Hall–Kier alpha value is -2.66. The summed E-state index contributed by atoms with van der Waals surface area (Å²) in [6.45, 7) is 0. The molecule has 1 aliphatic rings. The maximum atomic E-state index is 14.4. The van der Waals surface area contributed by atoms with E-state index in [-0.39, 0.29) is 23.2 Å². The monoisotopic (exact) mass is 392 g/mol. The van der Waals surface area contributed by atoms with Gasteiger partial charge in [-0.25, -0.2) is 13.6 Å². The molecule has 2 atom stereocenters. The maximum absolute atomic E-state index is 14.4. The largest absolute Gasteiger partial charge is 0.415 e. The number of nitrogens with zero attached hydrogens (tertiary/aromatic N) is 5. The van der Waals surface area contributed by atoms with Gasteiger partial charge in [0.15, 0.2) is 0 Å². The molecule has 0 saturated heterocycles. The average molecular weight is 392 g/mol. The molecule has 0 amide bonds. The molecule has 26 heavy (non-hydrogen) atoms. The predicted molar refractivity (Wildman–Crippen MR) is 95.9 cm³/mol. The van der Waals surface area contributed by atoms with E-state index >= 15 is 0 Å². The van der Waals surface area contributed by atoms with Crippen molar-refractivity contribution >= 4 is 28.3 Å². The molecule has 3 aromatic rings. The highest BCUT2D eigenvalue weighted by Crippen LogP contribution is 2.31. The van der Waals surface area contributed by atoms with Gasteiger partial charge in [-0.3, -0.25) is 9.29 Å². The Morgan fingerprint density at radius 1 is 1.38 bits per heavy atom. The molecule has 0 saturated carbocycles. The molecule has 11 heteroatoms. The first kappa shape index (κ1) is 16.8. The molecule has 0 radical (unpaired) electrons. The topological polar surface area (TPSA) is 110 Å². The number of guanidine groups is 1. The highest BCUT2D eigenvalue weighted by Gasteiger charge is 2.27. The number of benzene rings is 1. The zero-order valence-electron chi connectivity index (χ0n) is 13.5. The molecular weight excluding hydrogens is 379 g/mol. The van der Waals surface area contributed by atoms with E-state index in [4.69, 9.17) is 10.2 Å². The fourth-order valence-electron chi connectivity index (χ4n) is 2.48. The Bertz CT molecular complexity index is 1000. The molecule has 2 aromatic heterocycles. The summed E-state index contributed by atoms with van der Waals surface area (Å²) in [5, 5.41) is 8.00. The van der Waals surface area contributed by atoms with Crippen LogP contribution in [0.15, 0.2) is 39.3 Å². The van der Waals surface area contributed by atoms with Gasteiger partial charge in [0.2, 0.25) is 11.9 Å². The second-order valence-corrected chi connectivity index (χ2v) is 7.91. The first-order valence-corrected chi connectivity index (χ1v) is 9.66. The quantitative estimate of drug-likeness (QED) is 0.729. The lowest BCUT2D eigenvalue weighted by Gasteiger charge is -2.26. The molecule has 2 unspecified atom stereocenters. The fourth-order valence-corrected chi connectivity index (χ4v) is 4.03. The minimum absolute atomic E-state index is 0.106. The van der Waals surface area contributed by atoms with Crippen LogP contribution in [-0.4, -0.2) is 42.5 Å². The molecule has 8 nitrogen and oxygen atoms in total. The third-order valence-electron chi connectivity index (χ3n) is 3.89. The van der Waals surface area contributed by atoms with E-state index < -0.39 is 22.8 Å². The van der Waals surface area contributed by atoms with Crippen LogP contribution in [0.3, 0.4) is 0 Å². The smallest absolute Gasteiger partial charge is 0.259 e. The Morgan fingerprint density at radius 2 is 2.19 bits per heavy atom. The fraction of sp³-hybridized carbons (Fsp3) is 0.200. The normalized spacial score (nSPS) is 20.2. The molecular formula is C15H13FN6O2S2. The van der Waals surface area contributed by atoms with Crippen LogP contribution in [0.4, 0.5) is 4.39 Å². The molecule has 0 bridgehead atoms. The number of aromatic nitrogens is 3. The van der Waals surface area contributed by atoms with Crippen molar-refractivity contribution in [3.8, 4) is 22.2 Å². The van der Waals surface area contributed by atoms with Gasteiger partial charge in [0.1, 0.15) is 21.7 Å². The van der Waals surface area contributed by atoms with Gasteiger partial charge in [0.05, 0.1) is 23.5 Å². The maximum Gasteiger partial charge on any atom is 0.259 e. The number of rotatable bonds is 3. The van der Waals surface area contributed by atoms with Gasteiger partial charge >= 0.3 is 0 Å². The molecule has 4 rings (SSSR count). The van der Waals surface area contributed by atoms with E-state index in [9.17, 15) is 8.60 Å². The molecule has 134 valence electrons. The van der Waals surface area contributed by atoms with Crippen molar-refractivity contribution in [1.29, 1.82) is 0 Å². The standard InChI is InChI=1S/C15H13FN6O2S2/c1-22-15(17)19-11(6-26(22)23)9-4-8(2-3-10(9)16)13-20-21-14(24-13)12-5-18-7-25-12/h2-5,7,11H,6H2,1H3,(H2,17,19). The van der Waals surface area contributed by atoms with Crippen LogP contribution in [0.2, 0.25) is 0 Å². The molecule has 0 fully saturated rings. The van der Waals surface area contributed by atoms with Gasteiger partial charge in [-0.1, -0.05) is 0 Å². The lowest BCUT2D eigenvalue weighted by atomic mass is 10.0. The van der Waals surface area contributed by atoms with Gasteiger partial charge in [-0.05, 0) is 18.2 Å². The average Bonchev–Trinajstić information content (AvgIpc) is 3.31. The summed E-state index contributed by atoms with van der Waals surface area (Å²) in [6.07, 6.45) is 1.63. The summed E-state index contributed by atoms with van der Waals surface area (Å²) in [6, 6.07) is 3.77. The Kier molecular flexibility index (Phi) is 4.24. The second kappa shape index (κ2) is 6.57. The molecule has 2 N–H and O–H groups in total. The summed E-state index contributed by atoms with van der Waals surface area (Å²) in [5.74, 6) is 0.387. The molecule has 0 spiro atoms. The van der Waals surface area contributed by atoms with Gasteiger partial charge in [-0.2, -0.15) is 0 Å². The number of aliphatic imine (C=N–C) groups is 1. The number of halogens is 1. The van der Waals surface area contributed by atoms with Crippen LogP contribution in [0, 0.1) is 5.82 Å². The van der Waals surface area contributed by atoms with E-state index in [0.717, 1.165) is 4.88 Å². The van der Waals surface area contributed by atoms with Gasteiger partial charge in [0, 0.05) is 18.2 Å². The number of hydrogen-bond acceptors (Lipinski definition) is 8. The number of hydrogen-bond donors (Lipinski definition) is 1. The van der Waals surface area contributed by atoms with E-state index in [1.165, 1.54) is 21.7 Å². The van der Waals surface area contributed by atoms with Crippen LogP contribution < -0.4 is 5.73 Å². The van der Waals surface area contributed by atoms with Crippen molar-refractivity contribution in [3.05, 3.63) is 41.3 Å². The van der Waals surface area contributed by atoms with Crippen LogP contribution in [0.5, 0.6) is 0 Å². The van der Waals surface area contributed by atoms with Crippen LogP contribution >= 0.6 is 11.3 Å². The van der Waals surface area contributed by atoms with Crippen molar-refractivity contribution in [2.75, 3.05) is 12.8 Å². The van der Waals surface area contributed by atoms with E-state index in [1.807, 2.05) is 0 Å². The Balaban J connectivity index is 1.70. The van der Waals surface area contributed by atoms with Crippen molar-refractivity contribution < 1.29 is 13.0 Å². The second-order valence-electron chi connectivity index (χ2n) is 5.50. The van der Waals surface area contributed by atoms with Crippen LogP contribution in [0.1, 0.15) is 11.6 Å². The van der Waals surface area contributed by atoms with E-state index in [0.29, 0.717) is 11.5 Å². The van der Waals surface area contributed by atoms with E-state index in [2.05, 4.69) is 20.2 Å². The third-order valence-corrected chi connectivity index (χ3v) is 6.05. The van der Waals surface area contributed by atoms with Gasteiger partial charge in [0.25, 0.3) is 5.89 Å². The van der Waals surface area contributed by atoms with Gasteiger partial charge < -0.3 is 10.2 Å². The van der Waals surface area contributed by atoms with Crippen LogP contribution in [0.25, 0.3) is 22.2 Å². The van der Waals surface area contributed by atoms with Crippen molar-refractivity contribution in [1.82, 2.24) is 19.5 Å². The minimum Gasteiger partial charge on any atom is -0.415 e. The minimum atomic E-state index is -1.37. The number of thiazole rings is 1. The SMILES string of the molecule is CN1C(N)=NC(c2cc(-c3nnc(-c4cncs4)o3)ccc2F)CS1=O. The lowest BCUT2D eigenvalue weighted by Crippen LogP contribution is -2.41. The molecule has 0 aliphatic carbocycles. The highest BCUT2D eigenvalue weighted by molar-refractivity contribution is 7.83. The lowest BCUT2D eigenvalue weighted by molar-refractivity contribution is 0.574. The number of nitrogens with two attached hydrogens (primary N) is 1. The summed E-state index contributed by atoms with van der Waals surface area (Å²) in [4.78, 5) is 8.95. The van der Waals surface area contributed by atoms with Crippen molar-refractivity contribution in [3.63, 3.8) is 0 Å². The third kappa shape index (κ3) is 2.99. The van der Waals surface area contributed by atoms with E-state index in [1.54, 1.807) is 30.9 Å². The highest BCUT2D eigenvalue weighted by atomic mass is 32.2. The van der Waals surface area contributed by atoms with Gasteiger partial charge in [-0.15, -0.1) is 21.5 Å². The summed E-state index contributed by atoms with van der Waals surface area (Å²) < 4.78 is 33.5. The van der Waals surface area contributed by atoms with Crippen LogP contribution in [-0.2, 0) is 11.0 Å².